The fraction of sp³-hybridized carbons (Fsp3) is 0.486. The Labute approximate surface area is 341 Å². The second-order valence-electron chi connectivity index (χ2n) is 14.7. The highest BCUT2D eigenvalue weighted by Crippen LogP contribution is 2.60. The Morgan fingerprint density at radius 2 is 1.57 bits per heavy atom. The number of anilines is 1. The van der Waals surface area contributed by atoms with Crippen molar-refractivity contribution in [3.05, 3.63) is 52.4 Å². The van der Waals surface area contributed by atoms with Crippen LogP contribution >= 0.6 is 0 Å². The van der Waals surface area contributed by atoms with E-state index in [0.717, 1.165) is 0 Å². The van der Waals surface area contributed by atoms with Gasteiger partial charge < -0.3 is 67.8 Å². The van der Waals surface area contributed by atoms with Crippen LogP contribution in [0.15, 0.2) is 46.8 Å². The topological polar surface area (TPSA) is 354 Å². The smallest absolute Gasteiger partial charge is 0.410 e. The Hall–Kier alpha value is -6.75. The number of carbonyl (C=O) groups is 9. The van der Waals surface area contributed by atoms with Gasteiger partial charge in [0.2, 0.25) is 35.3 Å². The lowest BCUT2D eigenvalue weighted by atomic mass is 9.81. The Morgan fingerprint density at radius 3 is 2.17 bits per heavy atom. The van der Waals surface area contributed by atoms with Crippen molar-refractivity contribution in [3.63, 3.8) is 0 Å². The first-order chi connectivity index (χ1) is 28.2. The van der Waals surface area contributed by atoms with Crippen LogP contribution in [-0.2, 0) is 54.4 Å². The summed E-state index contributed by atoms with van der Waals surface area (Å²) in [7, 11) is 1.38. The third kappa shape index (κ3) is 8.80. The number of carbonyl (C=O) groups excluding carboxylic acids is 8. The van der Waals surface area contributed by atoms with E-state index in [1.165, 1.54) is 44.9 Å². The summed E-state index contributed by atoms with van der Waals surface area (Å²) in [6, 6.07) is 1.09. The van der Waals surface area contributed by atoms with Crippen molar-refractivity contribution < 1.29 is 67.6 Å². The first-order valence-electron chi connectivity index (χ1n) is 18.7. The second-order valence-corrected chi connectivity index (χ2v) is 14.7. The molecule has 0 aromatic heterocycles. The molecule has 324 valence electrons. The SMILES string of the molecule is CO[C@@]12[C@H](COC(N)=O)C3=C(C(=O)C(C)=C(N)C3O)N1C[C@H]1[C@@H]2N1C(=O)OCc1ccc(NC(=O)[C@H](CC(N)=O)NC(=O)[C@H](C)NC(=O)[C@H](C)NC(=O)CCC(=O)O)cc1. The Morgan fingerprint density at radius 1 is 0.933 bits per heavy atom. The first kappa shape index (κ1) is 44.4. The van der Waals surface area contributed by atoms with E-state index in [0.29, 0.717) is 5.56 Å². The van der Waals surface area contributed by atoms with Crippen molar-refractivity contribution in [2.24, 2.45) is 23.1 Å². The molecule has 8 atom stereocenters. The maximum atomic E-state index is 13.4. The molecule has 1 aromatic carbocycles. The molecule has 1 aliphatic carbocycles. The van der Waals surface area contributed by atoms with Crippen LogP contribution in [0.1, 0.15) is 45.6 Å². The van der Waals surface area contributed by atoms with Gasteiger partial charge in [-0.05, 0) is 38.5 Å². The predicted molar refractivity (Wildman–Crippen MR) is 203 cm³/mol. The first-order valence-corrected chi connectivity index (χ1v) is 18.7. The van der Waals surface area contributed by atoms with Gasteiger partial charge in [0, 0.05) is 42.6 Å². The summed E-state index contributed by atoms with van der Waals surface area (Å²) >= 11 is 0. The zero-order chi connectivity index (χ0) is 44.4. The molecule has 23 nitrogen and oxygen atoms in total. The third-order valence-electron chi connectivity index (χ3n) is 10.8. The molecular formula is C37H47N9O14. The van der Waals surface area contributed by atoms with Crippen LogP contribution in [0.3, 0.4) is 0 Å². The molecule has 0 radical (unpaired) electrons. The van der Waals surface area contributed by atoms with E-state index >= 15 is 0 Å². The van der Waals surface area contributed by atoms with Gasteiger partial charge in [0.25, 0.3) is 0 Å². The minimum atomic E-state index is -1.46. The number of benzene rings is 1. The number of aliphatic carboxylic acids is 1. The van der Waals surface area contributed by atoms with Crippen LogP contribution < -0.4 is 38.5 Å². The van der Waals surface area contributed by atoms with Crippen molar-refractivity contribution in [1.29, 1.82) is 0 Å². The number of aliphatic hydroxyl groups is 1. The summed E-state index contributed by atoms with van der Waals surface area (Å²) in [5.74, 6) is -6.60. The molecule has 0 bridgehead atoms. The highest BCUT2D eigenvalue weighted by atomic mass is 16.6. The number of amides is 7. The van der Waals surface area contributed by atoms with Crippen LogP contribution in [-0.4, -0.2) is 136 Å². The van der Waals surface area contributed by atoms with Gasteiger partial charge in [-0.2, -0.15) is 0 Å². The number of hydrogen-bond donors (Lipinski definition) is 9. The summed E-state index contributed by atoms with van der Waals surface area (Å²) < 4.78 is 16.8. The van der Waals surface area contributed by atoms with Gasteiger partial charge in [-0.15, -0.1) is 0 Å². The number of fused-ring (bicyclic) bond motifs is 4. The zero-order valence-electron chi connectivity index (χ0n) is 33.0. The maximum Gasteiger partial charge on any atom is 0.410 e. The molecule has 12 N–H and O–H groups in total. The highest BCUT2D eigenvalue weighted by Gasteiger charge is 2.78. The lowest BCUT2D eigenvalue weighted by molar-refractivity contribution is -0.144. The number of nitrogens with one attached hydrogen (secondary N) is 4. The molecular weight excluding hydrogens is 794 g/mol. The molecule has 2 fully saturated rings. The van der Waals surface area contributed by atoms with Crippen molar-refractivity contribution >= 4 is 59.2 Å². The number of allylic oxidation sites excluding steroid dienone is 1. The molecule has 1 aromatic rings. The predicted octanol–water partition coefficient (Wildman–Crippen LogP) is -2.64. The van der Waals surface area contributed by atoms with E-state index in [9.17, 15) is 48.3 Å². The summed E-state index contributed by atoms with van der Waals surface area (Å²) in [6.07, 6.45) is -4.58. The second kappa shape index (κ2) is 17.6. The van der Waals surface area contributed by atoms with E-state index < -0.39 is 114 Å². The van der Waals surface area contributed by atoms with E-state index in [-0.39, 0.29) is 54.4 Å². The molecule has 60 heavy (non-hydrogen) atoms. The van der Waals surface area contributed by atoms with Crippen LogP contribution in [0.25, 0.3) is 0 Å². The number of nitrogens with zero attached hydrogens (tertiary/aromatic N) is 2. The van der Waals surface area contributed by atoms with Gasteiger partial charge in [0.15, 0.2) is 5.72 Å². The van der Waals surface area contributed by atoms with Gasteiger partial charge in [0.05, 0.1) is 30.5 Å². The fourth-order valence-electron chi connectivity index (χ4n) is 7.73. The van der Waals surface area contributed by atoms with Gasteiger partial charge in [-0.25, -0.2) is 9.59 Å². The van der Waals surface area contributed by atoms with Gasteiger partial charge in [0.1, 0.15) is 43.5 Å². The van der Waals surface area contributed by atoms with Crippen molar-refractivity contribution in [1.82, 2.24) is 25.8 Å². The van der Waals surface area contributed by atoms with E-state index in [4.69, 9.17) is 36.5 Å². The standard InChI is InChI=1S/C37H47N9O14/c1-15-27(39)30(52)26-20(14-59-35(40)56)37(58-4)31-22(12-45(37)28(26)29(15)51)46(31)36(57)60-13-18-5-7-19(8-6-18)43-34(55)21(11-23(38)47)44-33(54)17(3)42-32(53)16(2)41-24(48)9-10-25(49)50/h5-8,16-17,20-22,30-31,52H,9-14,39H2,1-4H3,(H2,38,47)(H2,40,56)(H,41,48)(H,42,53)(H,43,55)(H,44,54)(H,49,50)/t16-,17-,20+,21-,22-,30?,31-,37+,46?/m0/s1. The zero-order valence-corrected chi connectivity index (χ0v) is 33.0. The number of ketones is 1. The Balaban J connectivity index is 1.16. The minimum Gasteiger partial charge on any atom is -0.481 e. The maximum absolute atomic E-state index is 13.4. The van der Waals surface area contributed by atoms with E-state index in [2.05, 4.69) is 21.3 Å². The number of aliphatic hydroxyl groups excluding tert-OH is 1. The molecule has 4 aliphatic rings. The number of Topliss-reactive ketones (excluding diaryl/α,β-unsaturated/α-hetero) is 1. The van der Waals surface area contributed by atoms with Gasteiger partial charge in [-0.3, -0.25) is 38.5 Å². The number of nitrogens with two attached hydrogens (primary N) is 3. The lowest BCUT2D eigenvalue weighted by Crippen LogP contribution is -2.56. The van der Waals surface area contributed by atoms with Crippen LogP contribution in [0, 0.1) is 5.92 Å². The highest BCUT2D eigenvalue weighted by molar-refractivity contribution is 6.10. The van der Waals surface area contributed by atoms with Crippen LogP contribution in [0.5, 0.6) is 0 Å². The van der Waals surface area contributed by atoms with Gasteiger partial charge in [-0.1, -0.05) is 12.1 Å². The van der Waals surface area contributed by atoms with Crippen molar-refractivity contribution in [3.8, 4) is 0 Å². The number of methoxy groups -OCH3 is 1. The summed E-state index contributed by atoms with van der Waals surface area (Å²) in [6.45, 7) is 3.67. The summed E-state index contributed by atoms with van der Waals surface area (Å²) in [4.78, 5) is 114. The van der Waals surface area contributed by atoms with E-state index in [1.807, 2.05) is 0 Å². The van der Waals surface area contributed by atoms with E-state index in [1.54, 1.807) is 17.0 Å². The third-order valence-corrected chi connectivity index (χ3v) is 10.8. The quantitative estimate of drug-likeness (QED) is 0.0724. The summed E-state index contributed by atoms with van der Waals surface area (Å²) in [5.41, 5.74) is 16.4. The number of carboxylic acids is 1. The Kier molecular flexibility index (Phi) is 13.0. The number of piperazine rings is 1. The van der Waals surface area contributed by atoms with Crippen LogP contribution in [0.2, 0.25) is 0 Å². The molecule has 3 aliphatic heterocycles. The Bertz CT molecular complexity index is 2060. The van der Waals surface area contributed by atoms with Crippen molar-refractivity contribution in [2.45, 2.75) is 88.7 Å². The number of rotatable bonds is 17. The molecule has 23 heteroatoms. The molecule has 0 saturated carbocycles. The largest absolute Gasteiger partial charge is 0.481 e. The average molecular weight is 842 g/mol. The fourth-order valence-corrected chi connectivity index (χ4v) is 7.73. The molecule has 3 heterocycles. The number of hydrogen-bond acceptors (Lipinski definition) is 15. The molecule has 7 amide bonds. The monoisotopic (exact) mass is 841 g/mol. The molecule has 2 saturated heterocycles. The number of ether oxygens (including phenoxy) is 3. The lowest BCUT2D eigenvalue weighted by Gasteiger charge is -2.41. The minimum absolute atomic E-state index is 0.0521. The van der Waals surface area contributed by atoms with Crippen LogP contribution in [0.4, 0.5) is 15.3 Å². The normalized spacial score (nSPS) is 23.9. The number of primary amides is 2. The average Bonchev–Trinajstić information content (AvgIpc) is 3.70. The number of carboxylic acid groups (broad SMARTS) is 1. The molecule has 0 spiro atoms. The molecule has 1 unspecified atom stereocenters. The van der Waals surface area contributed by atoms with Gasteiger partial charge >= 0.3 is 18.2 Å². The molecule has 5 rings (SSSR count). The van der Waals surface area contributed by atoms with Crippen molar-refractivity contribution in [2.75, 3.05) is 25.6 Å². The summed E-state index contributed by atoms with van der Waals surface area (Å²) in [5, 5.41) is 29.5.